The maximum atomic E-state index is 12.6. The Morgan fingerprint density at radius 2 is 0.983 bits per heavy atom. The van der Waals surface area contributed by atoms with Crippen LogP contribution >= 0.6 is 7.82 Å². The second-order valence-corrected chi connectivity index (χ2v) is 15.6. The van der Waals surface area contributed by atoms with Gasteiger partial charge in [-0.1, -0.05) is 143 Å². The molecule has 9 nitrogen and oxygen atoms in total. The molecule has 0 heterocycles. The molecule has 0 aromatic heterocycles. The van der Waals surface area contributed by atoms with E-state index in [9.17, 15) is 19.0 Å². The van der Waals surface area contributed by atoms with Crippen molar-refractivity contribution >= 4 is 19.8 Å². The van der Waals surface area contributed by atoms with E-state index in [4.69, 9.17) is 18.5 Å². The summed E-state index contributed by atoms with van der Waals surface area (Å²) in [6.07, 6.45) is 54.5. The summed E-state index contributed by atoms with van der Waals surface area (Å²) >= 11 is 0. The van der Waals surface area contributed by atoms with Gasteiger partial charge in [0.2, 0.25) is 0 Å². The van der Waals surface area contributed by atoms with Gasteiger partial charge < -0.3 is 19.7 Å². The summed E-state index contributed by atoms with van der Waals surface area (Å²) in [7, 11) is -2.68. The van der Waals surface area contributed by atoms with Gasteiger partial charge in [0.05, 0.1) is 13.2 Å². The minimum Gasteiger partial charge on any atom is -0.462 e. The third-order valence-electron chi connectivity index (χ3n) is 8.69. The highest BCUT2D eigenvalue weighted by atomic mass is 31.2. The van der Waals surface area contributed by atoms with Crippen molar-refractivity contribution in [1.82, 2.24) is 5.32 Å². The Hall–Kier alpha value is -3.07. The molecule has 0 saturated carbocycles. The van der Waals surface area contributed by atoms with Crippen LogP contribution in [0.1, 0.15) is 155 Å². The number of ether oxygens (including phenoxy) is 2. The summed E-state index contributed by atoms with van der Waals surface area (Å²) in [5.41, 5.74) is 0. The Morgan fingerprint density at radius 1 is 0.552 bits per heavy atom. The number of esters is 2. The Bertz CT molecular complexity index is 1270. The Kier molecular flexibility index (Phi) is 41.2. The monoisotopic (exact) mass is 830 g/mol. The zero-order chi connectivity index (χ0) is 42.5. The van der Waals surface area contributed by atoms with Gasteiger partial charge in [0.25, 0.3) is 0 Å². The highest BCUT2D eigenvalue weighted by Crippen LogP contribution is 2.43. The van der Waals surface area contributed by atoms with Gasteiger partial charge in [0.15, 0.2) is 6.10 Å². The molecule has 58 heavy (non-hydrogen) atoms. The zero-order valence-electron chi connectivity index (χ0n) is 36.5. The molecule has 0 spiro atoms. The summed E-state index contributed by atoms with van der Waals surface area (Å²) in [4.78, 5) is 35.1. The van der Waals surface area contributed by atoms with E-state index in [1.807, 2.05) is 0 Å². The van der Waals surface area contributed by atoms with Crippen LogP contribution in [-0.2, 0) is 32.7 Å². The molecule has 0 fully saturated rings. The fraction of sp³-hybridized carbons (Fsp3) is 0.625. The van der Waals surface area contributed by atoms with Crippen LogP contribution in [0, 0.1) is 0 Å². The van der Waals surface area contributed by atoms with E-state index in [-0.39, 0.29) is 26.1 Å². The number of carbonyl (C=O) groups excluding carboxylic acids is 2. The van der Waals surface area contributed by atoms with E-state index in [0.29, 0.717) is 19.4 Å². The maximum absolute atomic E-state index is 12.6. The van der Waals surface area contributed by atoms with Crippen LogP contribution in [0.5, 0.6) is 0 Å². The molecule has 2 unspecified atom stereocenters. The second-order valence-electron chi connectivity index (χ2n) is 14.1. The molecule has 0 amide bonds. The Labute approximate surface area is 353 Å². The predicted molar refractivity (Wildman–Crippen MR) is 243 cm³/mol. The normalized spacial score (nSPS) is 14.2. The van der Waals surface area contributed by atoms with Crippen molar-refractivity contribution < 1.29 is 37.6 Å². The smallest absolute Gasteiger partial charge is 0.462 e. The van der Waals surface area contributed by atoms with Crippen LogP contribution in [0.15, 0.2) is 97.2 Å². The Balaban J connectivity index is 4.35. The number of phosphoric acid groups is 1. The topological polar surface area (TPSA) is 120 Å². The van der Waals surface area contributed by atoms with Crippen LogP contribution in [-0.4, -0.2) is 56.3 Å². The van der Waals surface area contributed by atoms with E-state index in [2.05, 4.69) is 116 Å². The third-order valence-corrected chi connectivity index (χ3v) is 9.67. The molecule has 0 aliphatic carbocycles. The number of rotatable bonds is 40. The first kappa shape index (κ1) is 54.9. The van der Waals surface area contributed by atoms with E-state index < -0.39 is 32.5 Å². The number of unbranched alkanes of at least 4 members (excludes halogenated alkanes) is 10. The van der Waals surface area contributed by atoms with Crippen molar-refractivity contribution in [2.45, 2.75) is 161 Å². The molecule has 10 heteroatoms. The lowest BCUT2D eigenvalue weighted by atomic mass is 10.1. The third kappa shape index (κ3) is 42.5. The molecule has 0 saturated heterocycles. The van der Waals surface area contributed by atoms with Gasteiger partial charge in [0, 0.05) is 19.4 Å². The summed E-state index contributed by atoms with van der Waals surface area (Å²) < 4.78 is 33.2. The molecule has 0 bridgehead atoms. The number of nitrogens with one attached hydrogen (secondary N) is 1. The van der Waals surface area contributed by atoms with Gasteiger partial charge in [-0.2, -0.15) is 0 Å². The van der Waals surface area contributed by atoms with Crippen molar-refractivity contribution in [2.24, 2.45) is 0 Å². The number of hydrogen-bond donors (Lipinski definition) is 2. The second kappa shape index (κ2) is 43.5. The van der Waals surface area contributed by atoms with Crippen molar-refractivity contribution in [3.05, 3.63) is 97.2 Å². The highest BCUT2D eigenvalue weighted by Gasteiger charge is 2.26. The van der Waals surface area contributed by atoms with Gasteiger partial charge >= 0.3 is 19.8 Å². The Morgan fingerprint density at radius 3 is 1.47 bits per heavy atom. The SMILES string of the molecule is CC/C=C\C/C=C\C/C=C\C/C=C\C/C=C\CCCCCC(=O)OCC(COP(=O)(O)OCCNC)OC(=O)CCCCCC/C=C\C/C=C\C/C=C\CCCCC. The fourth-order valence-electron chi connectivity index (χ4n) is 5.35. The fourth-order valence-corrected chi connectivity index (χ4v) is 6.10. The van der Waals surface area contributed by atoms with Crippen LogP contribution in [0.25, 0.3) is 0 Å². The lowest BCUT2D eigenvalue weighted by Crippen LogP contribution is -2.29. The van der Waals surface area contributed by atoms with Gasteiger partial charge in [0.1, 0.15) is 6.61 Å². The van der Waals surface area contributed by atoms with Crippen molar-refractivity contribution in [3.63, 3.8) is 0 Å². The lowest BCUT2D eigenvalue weighted by molar-refractivity contribution is -0.161. The quantitative estimate of drug-likeness (QED) is 0.0269. The molecule has 2 atom stereocenters. The summed E-state index contributed by atoms with van der Waals surface area (Å²) in [6.45, 7) is 3.99. The number of phosphoric ester groups is 1. The minimum absolute atomic E-state index is 0.0330. The number of likely N-dealkylation sites (N-methyl/N-ethyl adjacent to an activating group) is 1. The van der Waals surface area contributed by atoms with Gasteiger partial charge in [-0.3, -0.25) is 18.6 Å². The first-order valence-electron chi connectivity index (χ1n) is 22.2. The molecular formula is C48H80NO8P. The van der Waals surface area contributed by atoms with Crippen LogP contribution in [0.2, 0.25) is 0 Å². The van der Waals surface area contributed by atoms with Gasteiger partial charge in [-0.25, -0.2) is 4.57 Å². The minimum atomic E-state index is -4.37. The highest BCUT2D eigenvalue weighted by molar-refractivity contribution is 7.47. The van der Waals surface area contributed by atoms with E-state index >= 15 is 0 Å². The van der Waals surface area contributed by atoms with Crippen LogP contribution < -0.4 is 5.32 Å². The zero-order valence-corrected chi connectivity index (χ0v) is 37.3. The summed E-state index contributed by atoms with van der Waals surface area (Å²) in [6, 6.07) is 0. The van der Waals surface area contributed by atoms with Crippen molar-refractivity contribution in [2.75, 3.05) is 33.4 Å². The van der Waals surface area contributed by atoms with Crippen molar-refractivity contribution in [3.8, 4) is 0 Å². The van der Waals surface area contributed by atoms with Crippen LogP contribution in [0.3, 0.4) is 0 Å². The first-order chi connectivity index (χ1) is 28.3. The van der Waals surface area contributed by atoms with E-state index in [0.717, 1.165) is 89.9 Å². The molecule has 0 aromatic rings. The molecule has 0 aliphatic heterocycles. The van der Waals surface area contributed by atoms with Gasteiger partial charge in [-0.05, 0) is 103 Å². The molecule has 0 aliphatic rings. The average Bonchev–Trinajstić information content (AvgIpc) is 3.21. The van der Waals surface area contributed by atoms with Crippen molar-refractivity contribution in [1.29, 1.82) is 0 Å². The summed E-state index contributed by atoms with van der Waals surface area (Å²) in [5, 5.41) is 2.82. The molecule has 0 aromatic carbocycles. The molecule has 0 rings (SSSR count). The molecule has 2 N–H and O–H groups in total. The predicted octanol–water partition coefficient (Wildman–Crippen LogP) is 12.9. The first-order valence-corrected chi connectivity index (χ1v) is 23.7. The lowest BCUT2D eigenvalue weighted by Gasteiger charge is -2.20. The number of carbonyl (C=O) groups is 2. The largest absolute Gasteiger partial charge is 0.472 e. The molecular weight excluding hydrogens is 750 g/mol. The number of allylic oxidation sites excluding steroid dienone is 16. The maximum Gasteiger partial charge on any atom is 0.472 e. The molecule has 330 valence electrons. The van der Waals surface area contributed by atoms with Crippen LogP contribution in [0.4, 0.5) is 0 Å². The summed E-state index contributed by atoms with van der Waals surface area (Å²) in [5.74, 6) is -0.880. The van der Waals surface area contributed by atoms with E-state index in [1.54, 1.807) is 7.05 Å². The standard InChI is InChI=1S/C48H80NO8P/c1-4-6-8-10-12-14-16-18-20-22-23-25-26-28-30-32-34-36-38-40-47(50)54-44-46(45-56-58(52,53)55-43-42-49-3)57-48(51)41-39-37-35-33-31-29-27-24-21-19-17-15-13-11-9-7-5-2/h6,8,12-15,18-21,23,25,27-30,46,49H,4-5,7,9-11,16-17,22,24,26,31-45H2,1-3H3,(H,52,53)/b8-6-,14-12-,15-13-,20-18-,21-19-,25-23-,29-27-,30-28-. The van der Waals surface area contributed by atoms with E-state index in [1.165, 1.54) is 25.7 Å². The number of hydrogen-bond acceptors (Lipinski definition) is 8. The average molecular weight is 830 g/mol. The molecule has 0 radical (unpaired) electrons. The van der Waals surface area contributed by atoms with Gasteiger partial charge in [-0.15, -0.1) is 0 Å².